The summed E-state index contributed by atoms with van der Waals surface area (Å²) in [4.78, 5) is 9.71. The zero-order valence-corrected chi connectivity index (χ0v) is 18.5. The quantitative estimate of drug-likeness (QED) is 0.307. The van der Waals surface area contributed by atoms with Crippen LogP contribution < -0.4 is 4.74 Å². The third kappa shape index (κ3) is 4.04. The molecule has 4 nitrogen and oxygen atoms in total. The van der Waals surface area contributed by atoms with Gasteiger partial charge < -0.3 is 9.84 Å². The van der Waals surface area contributed by atoms with Gasteiger partial charge in [0.25, 0.3) is 0 Å². The number of hydrogen-bond donors (Lipinski definition) is 1. The molecule has 2 aromatic heterocycles. The van der Waals surface area contributed by atoms with E-state index < -0.39 is 0 Å². The summed E-state index contributed by atoms with van der Waals surface area (Å²) in [5, 5.41) is 12.4. The first-order chi connectivity index (χ1) is 15.2. The van der Waals surface area contributed by atoms with E-state index in [0.29, 0.717) is 17.9 Å². The summed E-state index contributed by atoms with van der Waals surface area (Å²) < 4.78 is 7.89. The van der Waals surface area contributed by atoms with Crippen LogP contribution in [0.5, 0.6) is 11.5 Å². The lowest BCUT2D eigenvalue weighted by Crippen LogP contribution is -1.94. The number of phenols is 1. The summed E-state index contributed by atoms with van der Waals surface area (Å²) in [5.41, 5.74) is 3.53. The third-order valence-electron chi connectivity index (χ3n) is 4.82. The summed E-state index contributed by atoms with van der Waals surface area (Å²) >= 11 is 3.26. The number of aromatic nitrogens is 2. The Kier molecular flexibility index (Phi) is 5.40. The molecule has 0 unspecified atom stereocenters. The Morgan fingerprint density at radius 1 is 0.903 bits per heavy atom. The highest BCUT2D eigenvalue weighted by Gasteiger charge is 2.16. The van der Waals surface area contributed by atoms with Crippen molar-refractivity contribution < 1.29 is 9.84 Å². The average Bonchev–Trinajstić information content (AvgIpc) is 3.41. The second-order valence-electron chi connectivity index (χ2n) is 7.10. The van der Waals surface area contributed by atoms with Crippen LogP contribution in [0.2, 0.25) is 0 Å². The van der Waals surface area contributed by atoms with E-state index >= 15 is 0 Å². The van der Waals surface area contributed by atoms with Gasteiger partial charge in [0.1, 0.15) is 21.5 Å². The van der Waals surface area contributed by atoms with Crippen LogP contribution in [0.15, 0.2) is 66.7 Å². The summed E-state index contributed by atoms with van der Waals surface area (Å²) in [7, 11) is 0. The predicted octanol–water partition coefficient (Wildman–Crippen LogP) is 6.99. The molecular weight excluding hydrogens is 424 g/mol. The molecule has 0 aliphatic rings. The minimum Gasteiger partial charge on any atom is -0.507 e. The van der Waals surface area contributed by atoms with Gasteiger partial charge in [-0.2, -0.15) is 0 Å². The monoisotopic (exact) mass is 444 g/mol. The number of rotatable bonds is 6. The first-order valence-electron chi connectivity index (χ1n) is 10.1. The summed E-state index contributed by atoms with van der Waals surface area (Å²) in [6, 6.07) is 21.6. The lowest BCUT2D eigenvalue weighted by Gasteiger charge is -2.07. The Bertz CT molecular complexity index is 1260. The molecule has 0 radical (unpaired) electrons. The van der Waals surface area contributed by atoms with Crippen LogP contribution in [0.3, 0.4) is 0 Å². The van der Waals surface area contributed by atoms with E-state index in [1.54, 1.807) is 28.7 Å². The van der Waals surface area contributed by atoms with E-state index in [-0.39, 0.29) is 5.75 Å². The molecular formula is C25H20N2O2S2. The molecule has 0 saturated carbocycles. The molecule has 0 aliphatic carbocycles. The van der Waals surface area contributed by atoms with Crippen LogP contribution >= 0.6 is 22.7 Å². The first kappa shape index (κ1) is 19.7. The van der Waals surface area contributed by atoms with E-state index in [1.165, 1.54) is 0 Å². The molecule has 31 heavy (non-hydrogen) atoms. The Labute approximate surface area is 188 Å². The molecule has 0 atom stereocenters. The molecule has 0 amide bonds. The van der Waals surface area contributed by atoms with Gasteiger partial charge in [-0.15, -0.1) is 22.7 Å². The third-order valence-corrected chi connectivity index (χ3v) is 6.96. The normalized spacial score (nSPS) is 11.1. The van der Waals surface area contributed by atoms with Gasteiger partial charge in [0.15, 0.2) is 0 Å². The highest BCUT2D eigenvalue weighted by Crippen LogP contribution is 2.37. The Hall–Kier alpha value is -3.22. The maximum absolute atomic E-state index is 10.7. The van der Waals surface area contributed by atoms with Crippen LogP contribution in [-0.2, 0) is 0 Å². The minimum absolute atomic E-state index is 0.174. The van der Waals surface area contributed by atoms with Crippen molar-refractivity contribution in [1.29, 1.82) is 0 Å². The highest BCUT2D eigenvalue weighted by atomic mass is 32.1. The molecule has 5 rings (SSSR count). The Morgan fingerprint density at radius 3 is 2.06 bits per heavy atom. The van der Waals surface area contributed by atoms with Crippen LogP contribution in [-0.4, -0.2) is 21.7 Å². The van der Waals surface area contributed by atoms with E-state index in [4.69, 9.17) is 14.7 Å². The lowest BCUT2D eigenvalue weighted by atomic mass is 10.1. The molecule has 6 heteroatoms. The van der Waals surface area contributed by atoms with Crippen LogP contribution in [0.1, 0.15) is 28.9 Å². The van der Waals surface area contributed by atoms with Crippen molar-refractivity contribution in [1.82, 2.24) is 9.97 Å². The van der Waals surface area contributed by atoms with Crippen LogP contribution in [0.4, 0.5) is 0 Å². The predicted molar refractivity (Wildman–Crippen MR) is 130 cm³/mol. The summed E-state index contributed by atoms with van der Waals surface area (Å²) in [6.07, 6.45) is 2.89. The van der Waals surface area contributed by atoms with Crippen molar-refractivity contribution in [2.75, 3.05) is 6.61 Å². The van der Waals surface area contributed by atoms with Crippen molar-refractivity contribution in [2.45, 2.75) is 13.3 Å². The van der Waals surface area contributed by atoms with E-state index in [0.717, 1.165) is 42.4 Å². The average molecular weight is 445 g/mol. The highest BCUT2D eigenvalue weighted by molar-refractivity contribution is 7.22. The molecule has 5 aromatic rings. The number of para-hydroxylation sites is 2. The van der Waals surface area contributed by atoms with Gasteiger partial charge in [-0.05, 0) is 48.9 Å². The maximum Gasteiger partial charge on any atom is 0.127 e. The van der Waals surface area contributed by atoms with Gasteiger partial charge in [0.2, 0.25) is 0 Å². The van der Waals surface area contributed by atoms with Crippen molar-refractivity contribution in [3.63, 3.8) is 0 Å². The Morgan fingerprint density at radius 2 is 1.52 bits per heavy atom. The fourth-order valence-electron chi connectivity index (χ4n) is 3.30. The molecule has 0 spiro atoms. The number of aromatic hydroxyl groups is 1. The van der Waals surface area contributed by atoms with Crippen LogP contribution in [0.25, 0.3) is 32.1 Å². The largest absolute Gasteiger partial charge is 0.507 e. The number of ether oxygens (including phenoxy) is 1. The second-order valence-corrected chi connectivity index (χ2v) is 9.16. The molecule has 0 fully saturated rings. The molecule has 0 bridgehead atoms. The Balaban J connectivity index is 1.64. The molecule has 1 N–H and O–H groups in total. The number of fused-ring (bicyclic) bond motifs is 2. The fourth-order valence-corrected chi connectivity index (χ4v) is 5.33. The number of nitrogens with zero attached hydrogens (tertiary/aromatic N) is 2. The number of benzene rings is 3. The fraction of sp³-hybridized carbons (Fsp3) is 0.120. The van der Waals surface area contributed by atoms with Gasteiger partial charge >= 0.3 is 0 Å². The van der Waals surface area contributed by atoms with Gasteiger partial charge in [-0.25, -0.2) is 9.97 Å². The standard InChI is InChI=1S/C25H20N2O2S2/c1-2-13-29-17-12-11-16(21(28)15-17)14-18(24-26-19-7-3-5-9-22(19)30-24)25-27-20-8-4-6-10-23(20)31-25/h3-12,14-15,28H,2,13H2,1H3. The van der Waals surface area contributed by atoms with Gasteiger partial charge in [0, 0.05) is 17.2 Å². The van der Waals surface area contributed by atoms with Crippen molar-refractivity contribution in [2.24, 2.45) is 0 Å². The van der Waals surface area contributed by atoms with Crippen LogP contribution in [0, 0.1) is 0 Å². The van der Waals surface area contributed by atoms with Crippen molar-refractivity contribution in [3.8, 4) is 11.5 Å². The maximum atomic E-state index is 10.7. The molecule has 0 saturated heterocycles. The van der Waals surface area contributed by atoms with Gasteiger partial charge in [0.05, 0.1) is 27.0 Å². The summed E-state index contributed by atoms with van der Waals surface area (Å²) in [5.74, 6) is 0.839. The molecule has 3 aromatic carbocycles. The molecule has 2 heterocycles. The lowest BCUT2D eigenvalue weighted by molar-refractivity contribution is 0.315. The zero-order chi connectivity index (χ0) is 21.2. The SMILES string of the molecule is CCCOc1ccc(C=C(c2nc3ccccc3s2)c2nc3ccccc3s2)c(O)c1. The number of thiazole rings is 2. The van der Waals surface area contributed by atoms with E-state index in [2.05, 4.69) is 19.1 Å². The topological polar surface area (TPSA) is 55.2 Å². The first-order valence-corrected chi connectivity index (χ1v) is 11.7. The molecule has 0 aliphatic heterocycles. The van der Waals surface area contributed by atoms with Gasteiger partial charge in [-0.3, -0.25) is 0 Å². The minimum atomic E-state index is 0.174. The number of phenolic OH excluding ortho intramolecular Hbond substituents is 1. The van der Waals surface area contributed by atoms with Crippen molar-refractivity contribution >= 4 is 54.8 Å². The van der Waals surface area contributed by atoms with Gasteiger partial charge in [-0.1, -0.05) is 31.2 Å². The second kappa shape index (κ2) is 8.49. The van der Waals surface area contributed by atoms with Crippen molar-refractivity contribution in [3.05, 3.63) is 82.3 Å². The number of hydrogen-bond acceptors (Lipinski definition) is 6. The van der Waals surface area contributed by atoms with E-state index in [9.17, 15) is 5.11 Å². The smallest absolute Gasteiger partial charge is 0.127 e. The summed E-state index contributed by atoms with van der Waals surface area (Å²) in [6.45, 7) is 2.68. The zero-order valence-electron chi connectivity index (χ0n) is 16.9. The van der Waals surface area contributed by atoms with E-state index in [1.807, 2.05) is 54.6 Å². The molecule has 154 valence electrons.